The van der Waals surface area contributed by atoms with E-state index in [0.717, 1.165) is 18.7 Å². The Balaban J connectivity index is 2.63. The fourth-order valence-electron chi connectivity index (χ4n) is 1.79. The van der Waals surface area contributed by atoms with Gasteiger partial charge in [0, 0.05) is 18.0 Å². The summed E-state index contributed by atoms with van der Waals surface area (Å²) in [5.41, 5.74) is 14.3. The Morgan fingerprint density at radius 3 is 3.16 bits per heavy atom. The SMILES string of the molecule is CCCn1cncc1C(NCCCN=[N+]=[N-])C(N)=O. The van der Waals surface area contributed by atoms with E-state index < -0.39 is 11.9 Å². The van der Waals surface area contributed by atoms with Crippen LogP contribution in [0.15, 0.2) is 17.6 Å². The van der Waals surface area contributed by atoms with Crippen molar-refractivity contribution in [2.45, 2.75) is 32.4 Å². The first-order valence-electron chi connectivity index (χ1n) is 6.24. The molecular weight excluding hydrogens is 246 g/mol. The van der Waals surface area contributed by atoms with E-state index in [1.165, 1.54) is 0 Å². The van der Waals surface area contributed by atoms with E-state index in [0.29, 0.717) is 19.5 Å². The molecular formula is C11H19N7O. The van der Waals surface area contributed by atoms with E-state index in [-0.39, 0.29) is 0 Å². The summed E-state index contributed by atoms with van der Waals surface area (Å²) >= 11 is 0. The predicted molar refractivity (Wildman–Crippen MR) is 71.1 cm³/mol. The highest BCUT2D eigenvalue weighted by Crippen LogP contribution is 2.12. The molecule has 1 unspecified atom stereocenters. The number of carbonyl (C=O) groups excluding carboxylic acids is 1. The van der Waals surface area contributed by atoms with Crippen LogP contribution in [0, 0.1) is 0 Å². The van der Waals surface area contributed by atoms with Gasteiger partial charge in [0.05, 0.1) is 18.2 Å². The molecule has 1 aromatic heterocycles. The summed E-state index contributed by atoms with van der Waals surface area (Å²) < 4.78 is 1.91. The summed E-state index contributed by atoms with van der Waals surface area (Å²) in [6, 6.07) is -0.569. The highest BCUT2D eigenvalue weighted by Gasteiger charge is 2.20. The Bertz CT molecular complexity index is 450. The smallest absolute Gasteiger partial charge is 0.240 e. The van der Waals surface area contributed by atoms with Crippen molar-refractivity contribution in [1.29, 1.82) is 0 Å². The number of carbonyl (C=O) groups is 1. The predicted octanol–water partition coefficient (Wildman–Crippen LogP) is 1.11. The molecule has 0 bridgehead atoms. The van der Waals surface area contributed by atoms with Gasteiger partial charge in [-0.3, -0.25) is 4.79 Å². The van der Waals surface area contributed by atoms with Crippen LogP contribution in [-0.2, 0) is 11.3 Å². The van der Waals surface area contributed by atoms with Gasteiger partial charge in [-0.15, -0.1) is 0 Å². The molecule has 3 N–H and O–H groups in total. The number of nitrogens with zero attached hydrogens (tertiary/aromatic N) is 5. The molecule has 1 rings (SSSR count). The van der Waals surface area contributed by atoms with Crippen LogP contribution >= 0.6 is 0 Å². The standard InChI is InChI=1S/C11H19N7O/c1-2-6-18-8-14-7-9(18)10(11(12)19)15-4-3-5-16-17-13/h7-8,10,15H,2-6H2,1H3,(H2,12,19). The van der Waals surface area contributed by atoms with Gasteiger partial charge in [0.1, 0.15) is 6.04 Å². The molecule has 104 valence electrons. The number of nitrogens with two attached hydrogens (primary N) is 1. The number of primary amides is 1. The quantitative estimate of drug-likeness (QED) is 0.301. The van der Waals surface area contributed by atoms with Gasteiger partial charge in [-0.25, -0.2) is 4.98 Å². The highest BCUT2D eigenvalue weighted by molar-refractivity contribution is 5.80. The van der Waals surface area contributed by atoms with E-state index in [9.17, 15) is 4.79 Å². The zero-order valence-corrected chi connectivity index (χ0v) is 11.0. The number of amides is 1. The van der Waals surface area contributed by atoms with Crippen molar-refractivity contribution < 1.29 is 4.79 Å². The van der Waals surface area contributed by atoms with Gasteiger partial charge in [0.2, 0.25) is 5.91 Å². The van der Waals surface area contributed by atoms with Crippen molar-refractivity contribution >= 4 is 5.91 Å². The maximum atomic E-state index is 11.5. The zero-order chi connectivity index (χ0) is 14.1. The molecule has 0 radical (unpaired) electrons. The van der Waals surface area contributed by atoms with Crippen LogP contribution in [0.4, 0.5) is 0 Å². The maximum Gasteiger partial charge on any atom is 0.240 e. The summed E-state index contributed by atoms with van der Waals surface area (Å²) in [6.45, 7) is 3.78. The minimum absolute atomic E-state index is 0.392. The van der Waals surface area contributed by atoms with E-state index in [4.69, 9.17) is 11.3 Å². The third-order valence-electron chi connectivity index (χ3n) is 2.64. The topological polar surface area (TPSA) is 122 Å². The number of azide groups is 1. The van der Waals surface area contributed by atoms with Crippen molar-refractivity contribution in [1.82, 2.24) is 14.9 Å². The first-order chi connectivity index (χ1) is 9.20. The Morgan fingerprint density at radius 1 is 1.74 bits per heavy atom. The van der Waals surface area contributed by atoms with Crippen LogP contribution in [0.2, 0.25) is 0 Å². The monoisotopic (exact) mass is 265 g/mol. The lowest BCUT2D eigenvalue weighted by Gasteiger charge is -2.17. The molecule has 0 spiro atoms. The van der Waals surface area contributed by atoms with Crippen LogP contribution in [-0.4, -0.2) is 28.5 Å². The fourth-order valence-corrected chi connectivity index (χ4v) is 1.79. The minimum Gasteiger partial charge on any atom is -0.368 e. The molecule has 1 atom stereocenters. The van der Waals surface area contributed by atoms with Crippen molar-refractivity contribution in [3.8, 4) is 0 Å². The first kappa shape index (κ1) is 15.0. The number of hydrogen-bond acceptors (Lipinski definition) is 4. The maximum absolute atomic E-state index is 11.5. The lowest BCUT2D eigenvalue weighted by Crippen LogP contribution is -2.35. The molecule has 1 heterocycles. The van der Waals surface area contributed by atoms with Crippen molar-refractivity contribution in [3.05, 3.63) is 28.7 Å². The second kappa shape index (κ2) is 8.12. The van der Waals surface area contributed by atoms with Crippen LogP contribution in [0.3, 0.4) is 0 Å². The van der Waals surface area contributed by atoms with Gasteiger partial charge in [0.25, 0.3) is 0 Å². The zero-order valence-electron chi connectivity index (χ0n) is 11.0. The van der Waals surface area contributed by atoms with E-state index in [2.05, 4.69) is 27.3 Å². The second-order valence-corrected chi connectivity index (χ2v) is 4.11. The second-order valence-electron chi connectivity index (χ2n) is 4.11. The molecule has 1 amide bonds. The van der Waals surface area contributed by atoms with Crippen molar-refractivity contribution in [3.63, 3.8) is 0 Å². The van der Waals surface area contributed by atoms with Crippen molar-refractivity contribution in [2.75, 3.05) is 13.1 Å². The molecule has 0 aliphatic carbocycles. The lowest BCUT2D eigenvalue weighted by molar-refractivity contribution is -0.120. The van der Waals surface area contributed by atoms with E-state index >= 15 is 0 Å². The number of imidazole rings is 1. The molecule has 1 aromatic rings. The van der Waals surface area contributed by atoms with Crippen LogP contribution < -0.4 is 11.1 Å². The summed E-state index contributed by atoms with van der Waals surface area (Å²) in [5.74, 6) is -0.443. The van der Waals surface area contributed by atoms with E-state index in [1.807, 2.05) is 4.57 Å². The molecule has 0 aliphatic rings. The third-order valence-corrected chi connectivity index (χ3v) is 2.64. The molecule has 19 heavy (non-hydrogen) atoms. The molecule has 0 fully saturated rings. The summed E-state index contributed by atoms with van der Waals surface area (Å²) in [4.78, 5) is 18.2. The van der Waals surface area contributed by atoms with Gasteiger partial charge >= 0.3 is 0 Å². The largest absolute Gasteiger partial charge is 0.368 e. The fraction of sp³-hybridized carbons (Fsp3) is 0.636. The first-order valence-corrected chi connectivity index (χ1v) is 6.24. The van der Waals surface area contributed by atoms with Crippen LogP contribution in [0.5, 0.6) is 0 Å². The Hall–Kier alpha value is -2.05. The Labute approximate surface area is 111 Å². The number of aryl methyl sites for hydroxylation is 1. The number of aromatic nitrogens is 2. The summed E-state index contributed by atoms with van der Waals surface area (Å²) in [6.07, 6.45) is 4.93. The normalized spacial score (nSPS) is 11.8. The third kappa shape index (κ3) is 4.61. The van der Waals surface area contributed by atoms with Gasteiger partial charge in [-0.05, 0) is 24.9 Å². The highest BCUT2D eigenvalue weighted by atomic mass is 16.1. The van der Waals surface area contributed by atoms with Gasteiger partial charge in [-0.1, -0.05) is 12.0 Å². The lowest BCUT2D eigenvalue weighted by atomic mass is 10.2. The van der Waals surface area contributed by atoms with Gasteiger partial charge in [-0.2, -0.15) is 0 Å². The molecule has 0 saturated carbocycles. The van der Waals surface area contributed by atoms with Gasteiger partial charge < -0.3 is 15.6 Å². The molecule has 0 aromatic carbocycles. The number of hydrogen-bond donors (Lipinski definition) is 2. The molecule has 8 nitrogen and oxygen atoms in total. The average molecular weight is 265 g/mol. The average Bonchev–Trinajstić information content (AvgIpc) is 2.82. The molecule has 0 saturated heterocycles. The van der Waals surface area contributed by atoms with Crippen LogP contribution in [0.25, 0.3) is 10.4 Å². The summed E-state index contributed by atoms with van der Waals surface area (Å²) in [7, 11) is 0. The Morgan fingerprint density at radius 2 is 2.53 bits per heavy atom. The Kier molecular flexibility index (Phi) is 6.42. The van der Waals surface area contributed by atoms with Gasteiger partial charge in [0.15, 0.2) is 0 Å². The number of nitrogens with one attached hydrogen (secondary N) is 1. The van der Waals surface area contributed by atoms with E-state index in [1.54, 1.807) is 12.5 Å². The van der Waals surface area contributed by atoms with Crippen molar-refractivity contribution in [2.24, 2.45) is 10.8 Å². The minimum atomic E-state index is -0.569. The number of rotatable bonds is 9. The molecule has 8 heteroatoms. The summed E-state index contributed by atoms with van der Waals surface area (Å²) in [5, 5.41) is 6.49. The van der Waals surface area contributed by atoms with Crippen LogP contribution in [0.1, 0.15) is 31.5 Å². The molecule has 0 aliphatic heterocycles.